The second-order valence-electron chi connectivity index (χ2n) is 6.21. The molecule has 2 rings (SSSR count). The summed E-state index contributed by atoms with van der Waals surface area (Å²) in [6, 6.07) is 5.62. The second kappa shape index (κ2) is 5.85. The van der Waals surface area contributed by atoms with Crippen LogP contribution in [0.25, 0.3) is 0 Å². The molecule has 21 heavy (non-hydrogen) atoms. The number of amides is 2. The van der Waals surface area contributed by atoms with Gasteiger partial charge in [-0.25, -0.2) is 0 Å². The fourth-order valence-electron chi connectivity index (χ4n) is 2.29. The summed E-state index contributed by atoms with van der Waals surface area (Å²) in [5.41, 5.74) is 2.42. The van der Waals surface area contributed by atoms with E-state index in [4.69, 9.17) is 4.74 Å². The predicted octanol–water partition coefficient (Wildman–Crippen LogP) is 2.35. The molecule has 114 valence electrons. The number of nitrogens with zero attached hydrogens (tertiary/aromatic N) is 1. The molecule has 1 aliphatic rings. The molecule has 1 N–H and O–H groups in total. The number of anilines is 2. The van der Waals surface area contributed by atoms with E-state index in [1.54, 1.807) is 11.8 Å². The number of benzene rings is 1. The molecule has 0 bridgehead atoms. The van der Waals surface area contributed by atoms with Gasteiger partial charge in [-0.3, -0.25) is 9.59 Å². The minimum atomic E-state index is -0.336. The molecule has 0 atom stereocenters. The Morgan fingerprint density at radius 1 is 1.33 bits per heavy atom. The average Bonchev–Trinajstić information content (AvgIpc) is 2.78. The van der Waals surface area contributed by atoms with Gasteiger partial charge < -0.3 is 15.0 Å². The first-order valence-corrected chi connectivity index (χ1v) is 7.11. The summed E-state index contributed by atoms with van der Waals surface area (Å²) >= 11 is 0. The third-order valence-corrected chi connectivity index (χ3v) is 3.28. The number of rotatable bonds is 3. The fourth-order valence-corrected chi connectivity index (χ4v) is 2.29. The highest BCUT2D eigenvalue weighted by Gasteiger charge is 2.22. The topological polar surface area (TPSA) is 58.6 Å². The average molecular weight is 290 g/mol. The Hall–Kier alpha value is -1.88. The predicted molar refractivity (Wildman–Crippen MR) is 82.5 cm³/mol. The summed E-state index contributed by atoms with van der Waals surface area (Å²) in [5.74, 6) is -0.129. The number of ether oxygens (including phenoxy) is 1. The molecule has 5 heteroatoms. The van der Waals surface area contributed by atoms with Gasteiger partial charge in [-0.1, -0.05) is 0 Å². The summed E-state index contributed by atoms with van der Waals surface area (Å²) < 4.78 is 5.44. The lowest BCUT2D eigenvalue weighted by Gasteiger charge is -2.19. The molecule has 0 unspecified atom stereocenters. The molecule has 1 aromatic carbocycles. The van der Waals surface area contributed by atoms with E-state index in [1.165, 1.54) is 0 Å². The van der Waals surface area contributed by atoms with Crippen LogP contribution in [0.4, 0.5) is 11.4 Å². The highest BCUT2D eigenvalue weighted by molar-refractivity contribution is 5.95. The quantitative estimate of drug-likeness (QED) is 0.929. The first-order valence-electron chi connectivity index (χ1n) is 7.11. The highest BCUT2D eigenvalue weighted by atomic mass is 16.5. The summed E-state index contributed by atoms with van der Waals surface area (Å²) in [6.45, 7) is 8.02. The minimum Gasteiger partial charge on any atom is -0.366 e. The van der Waals surface area contributed by atoms with Crippen molar-refractivity contribution in [2.75, 3.05) is 23.4 Å². The molecule has 0 fully saturated rings. The summed E-state index contributed by atoms with van der Waals surface area (Å²) in [7, 11) is 0. The lowest BCUT2D eigenvalue weighted by molar-refractivity contribution is -0.125. The molecular formula is C16H22N2O3. The van der Waals surface area contributed by atoms with E-state index in [1.807, 2.05) is 39.0 Å². The maximum atomic E-state index is 11.8. The van der Waals surface area contributed by atoms with Crippen LogP contribution >= 0.6 is 0 Å². The van der Waals surface area contributed by atoms with Crippen molar-refractivity contribution in [2.45, 2.75) is 39.7 Å². The van der Waals surface area contributed by atoms with Crippen LogP contribution in [0.2, 0.25) is 0 Å². The van der Waals surface area contributed by atoms with Gasteiger partial charge in [0.1, 0.15) is 6.61 Å². The van der Waals surface area contributed by atoms with Gasteiger partial charge in [-0.05, 0) is 51.0 Å². The van der Waals surface area contributed by atoms with E-state index in [-0.39, 0.29) is 24.0 Å². The molecule has 1 aromatic rings. The molecular weight excluding hydrogens is 268 g/mol. The van der Waals surface area contributed by atoms with Gasteiger partial charge in [0, 0.05) is 24.8 Å². The Kier molecular flexibility index (Phi) is 4.32. The summed E-state index contributed by atoms with van der Waals surface area (Å²) in [4.78, 5) is 25.1. The number of carbonyl (C=O) groups excluding carboxylic acids is 2. The van der Waals surface area contributed by atoms with Crippen molar-refractivity contribution < 1.29 is 14.3 Å². The smallest absolute Gasteiger partial charge is 0.250 e. The van der Waals surface area contributed by atoms with Crippen LogP contribution < -0.4 is 10.2 Å². The highest BCUT2D eigenvalue weighted by Crippen LogP contribution is 2.30. The Bertz CT molecular complexity index is 561. The Morgan fingerprint density at radius 3 is 2.67 bits per heavy atom. The maximum Gasteiger partial charge on any atom is 0.250 e. The number of nitrogens with one attached hydrogen (secondary N) is 1. The molecule has 0 saturated heterocycles. The van der Waals surface area contributed by atoms with Crippen molar-refractivity contribution in [3.05, 3.63) is 23.8 Å². The maximum absolute atomic E-state index is 11.8. The lowest BCUT2D eigenvalue weighted by atomic mass is 10.1. The van der Waals surface area contributed by atoms with E-state index in [0.29, 0.717) is 6.54 Å². The van der Waals surface area contributed by atoms with Crippen molar-refractivity contribution in [1.82, 2.24) is 0 Å². The molecule has 0 aliphatic carbocycles. The minimum absolute atomic E-state index is 0.0279. The normalized spacial score (nSPS) is 14.0. The van der Waals surface area contributed by atoms with Gasteiger partial charge in [-0.2, -0.15) is 0 Å². The van der Waals surface area contributed by atoms with E-state index in [0.717, 1.165) is 23.4 Å². The van der Waals surface area contributed by atoms with Gasteiger partial charge in [0.2, 0.25) is 11.8 Å². The first-order chi connectivity index (χ1) is 9.76. The van der Waals surface area contributed by atoms with Crippen molar-refractivity contribution in [1.29, 1.82) is 0 Å². The molecule has 0 radical (unpaired) electrons. The molecule has 0 aromatic heterocycles. The van der Waals surface area contributed by atoms with E-state index >= 15 is 0 Å². The largest absolute Gasteiger partial charge is 0.366 e. The van der Waals surface area contributed by atoms with Crippen LogP contribution in [0.15, 0.2) is 18.2 Å². The zero-order valence-corrected chi connectivity index (χ0v) is 13.0. The Morgan fingerprint density at radius 2 is 2.05 bits per heavy atom. The molecule has 1 heterocycles. The summed E-state index contributed by atoms with van der Waals surface area (Å²) in [6.07, 6.45) is 0.817. The Labute approximate surface area is 125 Å². The second-order valence-corrected chi connectivity index (χ2v) is 6.21. The molecule has 1 aliphatic heterocycles. The zero-order valence-electron chi connectivity index (χ0n) is 13.0. The fraction of sp³-hybridized carbons (Fsp3) is 0.500. The zero-order chi connectivity index (χ0) is 15.6. The van der Waals surface area contributed by atoms with E-state index < -0.39 is 0 Å². The van der Waals surface area contributed by atoms with Gasteiger partial charge >= 0.3 is 0 Å². The van der Waals surface area contributed by atoms with Gasteiger partial charge in [0.15, 0.2) is 0 Å². The molecule has 0 saturated carbocycles. The first kappa shape index (κ1) is 15.5. The number of hydrogen-bond acceptors (Lipinski definition) is 3. The van der Waals surface area contributed by atoms with Crippen molar-refractivity contribution >= 4 is 23.2 Å². The number of hydrogen-bond donors (Lipinski definition) is 1. The van der Waals surface area contributed by atoms with Crippen molar-refractivity contribution in [3.63, 3.8) is 0 Å². The third kappa shape index (κ3) is 4.04. The molecule has 0 spiro atoms. The monoisotopic (exact) mass is 290 g/mol. The van der Waals surface area contributed by atoms with Crippen LogP contribution in [0.1, 0.15) is 33.3 Å². The summed E-state index contributed by atoms with van der Waals surface area (Å²) in [5, 5.41) is 2.82. The number of carbonyl (C=O) groups is 2. The van der Waals surface area contributed by atoms with E-state index in [2.05, 4.69) is 5.32 Å². The van der Waals surface area contributed by atoms with Crippen molar-refractivity contribution in [2.24, 2.45) is 0 Å². The number of fused-ring (bicyclic) bond motifs is 1. The van der Waals surface area contributed by atoms with Crippen molar-refractivity contribution in [3.8, 4) is 0 Å². The third-order valence-electron chi connectivity index (χ3n) is 3.28. The molecule has 5 nitrogen and oxygen atoms in total. The SMILES string of the molecule is CC(=O)N1CCc2cc(NC(=O)COC(C)(C)C)ccc21. The van der Waals surface area contributed by atoms with E-state index in [9.17, 15) is 9.59 Å². The van der Waals surface area contributed by atoms with Gasteiger partial charge in [-0.15, -0.1) is 0 Å². The standard InChI is InChI=1S/C16H22N2O3/c1-11(19)18-8-7-12-9-13(5-6-14(12)18)17-15(20)10-21-16(2,3)4/h5-6,9H,7-8,10H2,1-4H3,(H,17,20). The van der Waals surface area contributed by atoms with Gasteiger partial charge in [0.25, 0.3) is 0 Å². The Balaban J connectivity index is 2.00. The van der Waals surface area contributed by atoms with Gasteiger partial charge in [0.05, 0.1) is 5.60 Å². The van der Waals surface area contributed by atoms with Crippen LogP contribution in [0.5, 0.6) is 0 Å². The lowest BCUT2D eigenvalue weighted by Crippen LogP contribution is -2.27. The molecule has 2 amide bonds. The van der Waals surface area contributed by atoms with Crippen LogP contribution in [-0.2, 0) is 20.7 Å². The van der Waals surface area contributed by atoms with Crippen LogP contribution in [0, 0.1) is 0 Å². The van der Waals surface area contributed by atoms with Crippen LogP contribution in [-0.4, -0.2) is 30.6 Å². The van der Waals surface area contributed by atoms with Crippen LogP contribution in [0.3, 0.4) is 0 Å².